The average molecular weight is 613 g/mol. The van der Waals surface area contributed by atoms with Crippen molar-refractivity contribution in [1.29, 1.82) is 0 Å². The van der Waals surface area contributed by atoms with E-state index >= 15 is 0 Å². The van der Waals surface area contributed by atoms with E-state index in [1.165, 1.54) is 4.31 Å². The number of anilines is 1. The van der Waals surface area contributed by atoms with Crippen LogP contribution in [0.4, 0.5) is 5.69 Å². The summed E-state index contributed by atoms with van der Waals surface area (Å²) in [5.41, 5.74) is 2.18. The Morgan fingerprint density at radius 3 is 2.41 bits per heavy atom. The van der Waals surface area contributed by atoms with E-state index in [0.717, 1.165) is 47.5 Å². The van der Waals surface area contributed by atoms with Crippen LogP contribution in [0.1, 0.15) is 56.6 Å². The maximum absolute atomic E-state index is 13.4. The van der Waals surface area contributed by atoms with Gasteiger partial charge in [0.25, 0.3) is 0 Å². The van der Waals surface area contributed by atoms with Gasteiger partial charge in [-0.25, -0.2) is 8.42 Å². The number of hydrogen-bond acceptors (Lipinski definition) is 4. The molecule has 0 bridgehead atoms. The van der Waals surface area contributed by atoms with E-state index in [0.29, 0.717) is 17.1 Å². The second-order valence-corrected chi connectivity index (χ2v) is 12.9. The molecule has 1 aliphatic carbocycles. The summed E-state index contributed by atoms with van der Waals surface area (Å²) in [5, 5.41) is 3.53. The number of halogens is 2. The van der Waals surface area contributed by atoms with Crippen LogP contribution in [0, 0.1) is 6.92 Å². The Bertz CT molecular complexity index is 1200. The van der Waals surface area contributed by atoms with Crippen molar-refractivity contribution in [2.24, 2.45) is 0 Å². The number of nitrogens with zero attached hydrogens (tertiary/aromatic N) is 2. The Kier molecular flexibility index (Phi) is 10.4. The molecule has 2 amide bonds. The van der Waals surface area contributed by atoms with Crippen LogP contribution < -0.4 is 9.62 Å². The zero-order valence-electron chi connectivity index (χ0n) is 21.5. The predicted molar refractivity (Wildman–Crippen MR) is 152 cm³/mol. The zero-order valence-corrected chi connectivity index (χ0v) is 24.7. The third-order valence-electron chi connectivity index (χ3n) is 6.73. The van der Waals surface area contributed by atoms with Gasteiger partial charge in [-0.1, -0.05) is 58.6 Å². The standard InChI is InChI=1S/C27H35BrClN3O4S/c1-19-10-15-23(29)17-25(19)32(37(3,35)36)16-6-9-26(33)31(18-21-11-13-22(28)14-12-21)20(2)27(34)30-24-7-4-5-8-24/h10-15,17,20,24H,4-9,16,18H2,1-3H3,(H,30,34). The maximum Gasteiger partial charge on any atom is 0.242 e. The molecule has 0 saturated heterocycles. The van der Waals surface area contributed by atoms with Crippen molar-refractivity contribution in [2.45, 2.75) is 71.0 Å². The summed E-state index contributed by atoms with van der Waals surface area (Å²) in [5.74, 6) is -0.363. The lowest BCUT2D eigenvalue weighted by atomic mass is 10.1. The second-order valence-electron chi connectivity index (χ2n) is 9.68. The smallest absolute Gasteiger partial charge is 0.242 e. The van der Waals surface area contributed by atoms with Gasteiger partial charge in [-0.2, -0.15) is 0 Å². The molecule has 1 aliphatic rings. The fourth-order valence-electron chi connectivity index (χ4n) is 4.59. The van der Waals surface area contributed by atoms with Crippen molar-refractivity contribution >= 4 is 55.1 Å². The molecule has 0 radical (unpaired) electrons. The fourth-order valence-corrected chi connectivity index (χ4v) is 6.04. The molecule has 10 heteroatoms. The normalized spacial score (nSPS) is 14.8. The average Bonchev–Trinajstić information content (AvgIpc) is 3.35. The number of aryl methyl sites for hydroxylation is 1. The van der Waals surface area contributed by atoms with Gasteiger partial charge in [-0.15, -0.1) is 0 Å². The first-order chi connectivity index (χ1) is 17.5. The number of hydrogen-bond donors (Lipinski definition) is 1. The monoisotopic (exact) mass is 611 g/mol. The minimum atomic E-state index is -3.59. The van der Waals surface area contributed by atoms with Crippen molar-refractivity contribution < 1.29 is 18.0 Å². The van der Waals surface area contributed by atoms with Gasteiger partial charge in [0.2, 0.25) is 21.8 Å². The van der Waals surface area contributed by atoms with Gasteiger partial charge in [0.1, 0.15) is 6.04 Å². The van der Waals surface area contributed by atoms with Crippen LogP contribution in [0.2, 0.25) is 5.02 Å². The summed E-state index contributed by atoms with van der Waals surface area (Å²) < 4.78 is 27.4. The highest BCUT2D eigenvalue weighted by atomic mass is 79.9. The number of nitrogens with one attached hydrogen (secondary N) is 1. The van der Waals surface area contributed by atoms with Gasteiger partial charge in [-0.3, -0.25) is 13.9 Å². The topological polar surface area (TPSA) is 86.8 Å². The molecule has 3 rings (SSSR count). The number of amides is 2. The molecule has 1 unspecified atom stereocenters. The molecule has 0 heterocycles. The predicted octanol–water partition coefficient (Wildman–Crippen LogP) is 5.43. The molecule has 2 aromatic rings. The summed E-state index contributed by atoms with van der Waals surface area (Å²) >= 11 is 9.55. The van der Waals surface area contributed by atoms with Crippen molar-refractivity contribution in [1.82, 2.24) is 10.2 Å². The van der Waals surface area contributed by atoms with Crippen LogP contribution in [-0.2, 0) is 26.2 Å². The fraction of sp³-hybridized carbons (Fsp3) is 0.481. The van der Waals surface area contributed by atoms with E-state index < -0.39 is 16.1 Å². The van der Waals surface area contributed by atoms with Gasteiger partial charge < -0.3 is 10.2 Å². The number of benzene rings is 2. The minimum Gasteiger partial charge on any atom is -0.352 e. The van der Waals surface area contributed by atoms with Gasteiger partial charge >= 0.3 is 0 Å². The molecular formula is C27H35BrClN3O4S. The van der Waals surface area contributed by atoms with Gasteiger partial charge in [0.05, 0.1) is 11.9 Å². The van der Waals surface area contributed by atoms with Crippen LogP contribution in [0.15, 0.2) is 46.9 Å². The largest absolute Gasteiger partial charge is 0.352 e. The Morgan fingerprint density at radius 2 is 1.78 bits per heavy atom. The number of carbonyl (C=O) groups is 2. The van der Waals surface area contributed by atoms with Crippen LogP contribution in [0.25, 0.3) is 0 Å². The SMILES string of the molecule is Cc1ccc(Cl)cc1N(CCCC(=O)N(Cc1ccc(Br)cc1)C(C)C(=O)NC1CCCC1)S(C)(=O)=O. The van der Waals surface area contributed by atoms with Crippen molar-refractivity contribution in [3.8, 4) is 0 Å². The van der Waals surface area contributed by atoms with E-state index in [9.17, 15) is 18.0 Å². The minimum absolute atomic E-state index is 0.100. The summed E-state index contributed by atoms with van der Waals surface area (Å²) in [6.45, 7) is 3.98. The van der Waals surface area contributed by atoms with Crippen molar-refractivity contribution in [2.75, 3.05) is 17.1 Å². The van der Waals surface area contributed by atoms with Crippen LogP contribution >= 0.6 is 27.5 Å². The molecule has 1 saturated carbocycles. The molecule has 37 heavy (non-hydrogen) atoms. The van der Waals surface area contributed by atoms with E-state index in [1.807, 2.05) is 31.2 Å². The number of carbonyl (C=O) groups excluding carboxylic acids is 2. The van der Waals surface area contributed by atoms with Gasteiger partial charge in [0.15, 0.2) is 0 Å². The Hall–Kier alpha value is -2.10. The van der Waals surface area contributed by atoms with E-state index in [2.05, 4.69) is 21.2 Å². The third-order valence-corrected chi connectivity index (χ3v) is 8.67. The maximum atomic E-state index is 13.4. The highest BCUT2D eigenvalue weighted by Crippen LogP contribution is 2.27. The molecule has 0 aliphatic heterocycles. The quantitative estimate of drug-likeness (QED) is 0.367. The first-order valence-corrected chi connectivity index (χ1v) is 15.6. The Balaban J connectivity index is 1.73. The lowest BCUT2D eigenvalue weighted by Gasteiger charge is -2.30. The summed E-state index contributed by atoms with van der Waals surface area (Å²) in [6, 6.07) is 12.2. The van der Waals surface area contributed by atoms with Crippen LogP contribution in [0.3, 0.4) is 0 Å². The summed E-state index contributed by atoms with van der Waals surface area (Å²) in [6.07, 6.45) is 5.67. The van der Waals surface area contributed by atoms with Gasteiger partial charge in [-0.05, 0) is 68.5 Å². The summed E-state index contributed by atoms with van der Waals surface area (Å²) in [7, 11) is -3.59. The lowest BCUT2D eigenvalue weighted by molar-refractivity contribution is -0.141. The zero-order chi connectivity index (χ0) is 27.2. The van der Waals surface area contributed by atoms with E-state index in [-0.39, 0.29) is 37.4 Å². The first-order valence-electron chi connectivity index (χ1n) is 12.5. The first kappa shape index (κ1) is 29.5. The molecule has 7 nitrogen and oxygen atoms in total. The Morgan fingerprint density at radius 1 is 1.14 bits per heavy atom. The molecule has 1 atom stereocenters. The molecule has 2 aromatic carbocycles. The lowest BCUT2D eigenvalue weighted by Crippen LogP contribution is -2.49. The van der Waals surface area contributed by atoms with E-state index in [4.69, 9.17) is 11.6 Å². The number of sulfonamides is 1. The van der Waals surface area contributed by atoms with Gasteiger partial charge in [0, 0.05) is 35.0 Å². The van der Waals surface area contributed by atoms with Crippen LogP contribution in [-0.4, -0.2) is 50.0 Å². The highest BCUT2D eigenvalue weighted by molar-refractivity contribution is 9.10. The van der Waals surface area contributed by atoms with Crippen molar-refractivity contribution in [3.05, 3.63) is 63.1 Å². The molecule has 1 fully saturated rings. The van der Waals surface area contributed by atoms with Crippen molar-refractivity contribution in [3.63, 3.8) is 0 Å². The Labute approximate surface area is 233 Å². The molecule has 0 aromatic heterocycles. The molecular weight excluding hydrogens is 578 g/mol. The summed E-state index contributed by atoms with van der Waals surface area (Å²) in [4.78, 5) is 28.1. The molecule has 0 spiro atoms. The second kappa shape index (κ2) is 13.1. The number of rotatable bonds is 11. The molecule has 1 N–H and O–H groups in total. The molecule has 202 valence electrons. The van der Waals surface area contributed by atoms with Crippen LogP contribution in [0.5, 0.6) is 0 Å². The third kappa shape index (κ3) is 8.45. The highest BCUT2D eigenvalue weighted by Gasteiger charge is 2.29. The van der Waals surface area contributed by atoms with E-state index in [1.54, 1.807) is 30.0 Å².